The molecule has 1 aliphatic rings. The lowest BCUT2D eigenvalue weighted by Gasteiger charge is -2.21. The Morgan fingerprint density at radius 3 is 2.78 bits per heavy atom. The van der Waals surface area contributed by atoms with Crippen LogP contribution in [-0.2, 0) is 4.79 Å². The highest BCUT2D eigenvalue weighted by Gasteiger charge is 2.22. The Morgan fingerprint density at radius 1 is 1.50 bits per heavy atom. The van der Waals surface area contributed by atoms with Crippen LogP contribution in [0.5, 0.6) is 0 Å². The number of likely N-dealkylation sites (tertiary alicyclic amines) is 1. The van der Waals surface area contributed by atoms with E-state index in [1.807, 2.05) is 11.9 Å². The van der Waals surface area contributed by atoms with Crippen LogP contribution >= 0.6 is 0 Å². The maximum Gasteiger partial charge on any atom is 0.222 e. The second-order valence-corrected chi connectivity index (χ2v) is 5.90. The lowest BCUT2D eigenvalue weighted by molar-refractivity contribution is -0.130. The van der Waals surface area contributed by atoms with Gasteiger partial charge in [-0.15, -0.1) is 0 Å². The molecule has 0 aromatic carbocycles. The lowest BCUT2D eigenvalue weighted by Crippen LogP contribution is -2.33. The fraction of sp³-hybridized carbons (Fsp3) is 0.929. The topological polar surface area (TPSA) is 35.6 Å². The lowest BCUT2D eigenvalue weighted by atomic mass is 10.1. The van der Waals surface area contributed by atoms with Crippen molar-refractivity contribution < 1.29 is 4.79 Å². The summed E-state index contributed by atoms with van der Waals surface area (Å²) < 4.78 is 0. The first-order valence-electron chi connectivity index (χ1n) is 7.15. The molecular formula is C14H29N3O. The molecule has 0 saturated carbocycles. The van der Waals surface area contributed by atoms with Crippen LogP contribution in [0.1, 0.15) is 33.1 Å². The molecule has 4 heteroatoms. The number of hydrogen-bond acceptors (Lipinski definition) is 3. The van der Waals surface area contributed by atoms with E-state index < -0.39 is 0 Å². The summed E-state index contributed by atoms with van der Waals surface area (Å²) in [5, 5.41) is 3.34. The molecule has 1 atom stereocenters. The van der Waals surface area contributed by atoms with Crippen molar-refractivity contribution in [3.63, 3.8) is 0 Å². The zero-order valence-corrected chi connectivity index (χ0v) is 12.4. The SMILES string of the molecule is CC(C)NCCCC(=O)N(C)CC1CCN(C)C1. The van der Waals surface area contributed by atoms with E-state index in [0.717, 1.165) is 26.1 Å². The third kappa shape index (κ3) is 5.83. The molecule has 1 heterocycles. The van der Waals surface area contributed by atoms with Gasteiger partial charge in [0.2, 0.25) is 5.91 Å². The molecule has 1 aliphatic heterocycles. The number of amides is 1. The van der Waals surface area contributed by atoms with E-state index in [0.29, 0.717) is 18.4 Å². The zero-order valence-electron chi connectivity index (χ0n) is 12.4. The summed E-state index contributed by atoms with van der Waals surface area (Å²) in [7, 11) is 4.09. The van der Waals surface area contributed by atoms with Crippen molar-refractivity contribution in [2.75, 3.05) is 40.3 Å². The van der Waals surface area contributed by atoms with E-state index in [9.17, 15) is 4.79 Å². The monoisotopic (exact) mass is 255 g/mol. The van der Waals surface area contributed by atoms with Gasteiger partial charge in [0, 0.05) is 32.6 Å². The Bertz CT molecular complexity index is 255. The molecule has 106 valence electrons. The molecule has 1 rings (SSSR count). The average molecular weight is 255 g/mol. The number of hydrogen-bond donors (Lipinski definition) is 1. The van der Waals surface area contributed by atoms with Gasteiger partial charge in [-0.2, -0.15) is 0 Å². The maximum absolute atomic E-state index is 11.9. The summed E-state index contributed by atoms with van der Waals surface area (Å²) in [5.41, 5.74) is 0. The molecule has 0 radical (unpaired) electrons. The van der Waals surface area contributed by atoms with Crippen molar-refractivity contribution in [1.29, 1.82) is 0 Å². The molecule has 0 spiro atoms. The van der Waals surface area contributed by atoms with Gasteiger partial charge in [-0.25, -0.2) is 0 Å². The van der Waals surface area contributed by atoms with Crippen molar-refractivity contribution in [2.45, 2.75) is 39.2 Å². The van der Waals surface area contributed by atoms with Gasteiger partial charge in [0.1, 0.15) is 0 Å². The van der Waals surface area contributed by atoms with Gasteiger partial charge < -0.3 is 15.1 Å². The second-order valence-electron chi connectivity index (χ2n) is 5.90. The predicted molar refractivity (Wildman–Crippen MR) is 75.6 cm³/mol. The van der Waals surface area contributed by atoms with E-state index in [2.05, 4.69) is 31.1 Å². The Hall–Kier alpha value is -0.610. The molecule has 0 aromatic rings. The normalized spacial score (nSPS) is 20.6. The molecule has 0 aromatic heterocycles. The fourth-order valence-electron chi connectivity index (χ4n) is 2.49. The van der Waals surface area contributed by atoms with E-state index in [1.54, 1.807) is 0 Å². The van der Waals surface area contributed by atoms with E-state index in [4.69, 9.17) is 0 Å². The first-order valence-corrected chi connectivity index (χ1v) is 7.15. The molecular weight excluding hydrogens is 226 g/mol. The molecule has 1 fully saturated rings. The van der Waals surface area contributed by atoms with Gasteiger partial charge in [-0.1, -0.05) is 13.8 Å². The summed E-state index contributed by atoms with van der Waals surface area (Å²) >= 11 is 0. The van der Waals surface area contributed by atoms with Crippen LogP contribution in [0, 0.1) is 5.92 Å². The van der Waals surface area contributed by atoms with Crippen LogP contribution in [0.2, 0.25) is 0 Å². The third-order valence-corrected chi connectivity index (χ3v) is 3.57. The van der Waals surface area contributed by atoms with Gasteiger partial charge in [0.05, 0.1) is 0 Å². The summed E-state index contributed by atoms with van der Waals surface area (Å²) in [6.45, 7) is 8.41. The molecule has 1 amide bonds. The Kier molecular flexibility index (Phi) is 6.65. The van der Waals surface area contributed by atoms with E-state index in [-0.39, 0.29) is 5.91 Å². The number of rotatable bonds is 7. The minimum Gasteiger partial charge on any atom is -0.345 e. The highest BCUT2D eigenvalue weighted by Crippen LogP contribution is 2.15. The highest BCUT2D eigenvalue weighted by atomic mass is 16.2. The molecule has 1 saturated heterocycles. The molecule has 18 heavy (non-hydrogen) atoms. The minimum absolute atomic E-state index is 0.287. The zero-order chi connectivity index (χ0) is 13.5. The van der Waals surface area contributed by atoms with Crippen molar-refractivity contribution in [3.05, 3.63) is 0 Å². The van der Waals surface area contributed by atoms with Gasteiger partial charge >= 0.3 is 0 Å². The molecule has 1 unspecified atom stereocenters. The van der Waals surface area contributed by atoms with Crippen molar-refractivity contribution >= 4 is 5.91 Å². The Balaban J connectivity index is 2.12. The van der Waals surface area contributed by atoms with Crippen LogP contribution in [0.4, 0.5) is 0 Å². The number of nitrogens with one attached hydrogen (secondary N) is 1. The Labute approximate surface area is 112 Å². The van der Waals surface area contributed by atoms with Crippen LogP contribution in [0.3, 0.4) is 0 Å². The second kappa shape index (κ2) is 7.74. The van der Waals surface area contributed by atoms with Crippen molar-refractivity contribution in [2.24, 2.45) is 5.92 Å². The summed E-state index contributed by atoms with van der Waals surface area (Å²) in [6, 6.07) is 0.506. The molecule has 1 N–H and O–H groups in total. The Morgan fingerprint density at radius 2 is 2.22 bits per heavy atom. The number of nitrogens with zero attached hydrogens (tertiary/aromatic N) is 2. The van der Waals surface area contributed by atoms with Crippen LogP contribution in [0.25, 0.3) is 0 Å². The number of carbonyl (C=O) groups excluding carboxylic acids is 1. The van der Waals surface area contributed by atoms with Gasteiger partial charge in [0.15, 0.2) is 0 Å². The van der Waals surface area contributed by atoms with Crippen LogP contribution in [-0.4, -0.2) is 62.0 Å². The third-order valence-electron chi connectivity index (χ3n) is 3.57. The average Bonchev–Trinajstić information content (AvgIpc) is 2.69. The summed E-state index contributed by atoms with van der Waals surface area (Å²) in [6.07, 6.45) is 2.83. The molecule has 4 nitrogen and oxygen atoms in total. The predicted octanol–water partition coefficient (Wildman–Crippen LogP) is 1.17. The standard InChI is InChI=1S/C14H29N3O/c1-12(2)15-8-5-6-14(18)17(4)11-13-7-9-16(3)10-13/h12-13,15H,5-11H2,1-4H3. The van der Waals surface area contributed by atoms with E-state index >= 15 is 0 Å². The molecule has 0 aliphatic carbocycles. The first kappa shape index (κ1) is 15.4. The van der Waals surface area contributed by atoms with Crippen molar-refractivity contribution in [3.8, 4) is 0 Å². The van der Waals surface area contributed by atoms with Crippen LogP contribution in [0.15, 0.2) is 0 Å². The summed E-state index contributed by atoms with van der Waals surface area (Å²) in [4.78, 5) is 16.2. The van der Waals surface area contributed by atoms with Gasteiger partial charge in [0.25, 0.3) is 0 Å². The smallest absolute Gasteiger partial charge is 0.222 e. The van der Waals surface area contributed by atoms with Gasteiger partial charge in [-0.05, 0) is 38.9 Å². The maximum atomic E-state index is 11.9. The number of carbonyl (C=O) groups is 1. The summed E-state index contributed by atoms with van der Waals surface area (Å²) in [5.74, 6) is 0.952. The van der Waals surface area contributed by atoms with Crippen molar-refractivity contribution in [1.82, 2.24) is 15.1 Å². The minimum atomic E-state index is 0.287. The fourth-order valence-corrected chi connectivity index (χ4v) is 2.49. The van der Waals surface area contributed by atoms with Gasteiger partial charge in [-0.3, -0.25) is 4.79 Å². The highest BCUT2D eigenvalue weighted by molar-refractivity contribution is 5.75. The first-order chi connectivity index (χ1) is 8.49. The quantitative estimate of drug-likeness (QED) is 0.694. The van der Waals surface area contributed by atoms with E-state index in [1.165, 1.54) is 13.0 Å². The molecule has 0 bridgehead atoms. The largest absolute Gasteiger partial charge is 0.345 e. The van der Waals surface area contributed by atoms with Crippen LogP contribution < -0.4 is 5.32 Å².